The van der Waals surface area contributed by atoms with Crippen molar-refractivity contribution in [3.05, 3.63) is 35.4 Å². The standard InChI is InChI=1S/C15H15F4NO3/c16-12(9-3-5-11(6-4-9)15(17,18)19)13(21)20-7-1-2-10(8-20)14(22)23/h3-6,10,12H,1-2,7-8H2,(H,22,23)/t10-,12?/m0/s1. The molecule has 0 radical (unpaired) electrons. The number of carboxylic acids is 1. The SMILES string of the molecule is O=C(O)[C@H]1CCCN(C(=O)C(F)c2ccc(C(F)(F)F)cc2)C1. The van der Waals surface area contributed by atoms with E-state index in [0.717, 1.165) is 17.0 Å². The molecular formula is C15H15F4NO3. The lowest BCUT2D eigenvalue weighted by molar-refractivity contribution is -0.147. The smallest absolute Gasteiger partial charge is 0.416 e. The van der Waals surface area contributed by atoms with Gasteiger partial charge in [0, 0.05) is 13.1 Å². The van der Waals surface area contributed by atoms with Crippen molar-refractivity contribution >= 4 is 11.9 Å². The van der Waals surface area contributed by atoms with Crippen molar-refractivity contribution in [3.8, 4) is 0 Å². The first-order chi connectivity index (χ1) is 10.7. The highest BCUT2D eigenvalue weighted by Gasteiger charge is 2.34. The molecule has 1 aliphatic heterocycles. The Balaban J connectivity index is 2.08. The molecule has 1 aromatic rings. The van der Waals surface area contributed by atoms with Gasteiger partial charge in [-0.2, -0.15) is 13.2 Å². The Bertz CT molecular complexity index is 585. The van der Waals surface area contributed by atoms with Crippen LogP contribution < -0.4 is 0 Å². The van der Waals surface area contributed by atoms with E-state index in [2.05, 4.69) is 0 Å². The van der Waals surface area contributed by atoms with Gasteiger partial charge in [0.2, 0.25) is 6.17 Å². The number of likely N-dealkylation sites (tertiary alicyclic amines) is 1. The van der Waals surface area contributed by atoms with Gasteiger partial charge in [0.15, 0.2) is 0 Å². The molecule has 8 heteroatoms. The molecule has 126 valence electrons. The number of aliphatic carboxylic acids is 1. The van der Waals surface area contributed by atoms with Crippen LogP contribution in [0.4, 0.5) is 17.6 Å². The quantitative estimate of drug-likeness (QED) is 0.865. The molecule has 2 atom stereocenters. The number of halogens is 4. The number of carbonyl (C=O) groups excluding carboxylic acids is 1. The number of alkyl halides is 4. The third kappa shape index (κ3) is 4.00. The van der Waals surface area contributed by atoms with Crippen molar-refractivity contribution in [2.75, 3.05) is 13.1 Å². The zero-order valence-electron chi connectivity index (χ0n) is 12.0. The Labute approximate surface area is 129 Å². The number of hydrogen-bond donors (Lipinski definition) is 1. The van der Waals surface area contributed by atoms with Gasteiger partial charge in [-0.15, -0.1) is 0 Å². The lowest BCUT2D eigenvalue weighted by Gasteiger charge is -2.31. The Morgan fingerprint density at radius 2 is 1.83 bits per heavy atom. The third-order valence-electron chi connectivity index (χ3n) is 3.83. The molecule has 0 aliphatic carbocycles. The summed E-state index contributed by atoms with van der Waals surface area (Å²) in [5.74, 6) is -2.71. The zero-order chi connectivity index (χ0) is 17.2. The predicted molar refractivity (Wildman–Crippen MR) is 72.2 cm³/mol. The lowest BCUT2D eigenvalue weighted by Crippen LogP contribution is -2.43. The van der Waals surface area contributed by atoms with E-state index in [-0.39, 0.29) is 18.7 Å². The molecule has 1 aliphatic rings. The van der Waals surface area contributed by atoms with Crippen molar-refractivity contribution in [3.63, 3.8) is 0 Å². The van der Waals surface area contributed by atoms with Gasteiger partial charge in [-0.1, -0.05) is 12.1 Å². The van der Waals surface area contributed by atoms with E-state index in [1.807, 2.05) is 0 Å². The van der Waals surface area contributed by atoms with E-state index in [1.54, 1.807) is 0 Å². The topological polar surface area (TPSA) is 57.6 Å². The van der Waals surface area contributed by atoms with Gasteiger partial charge in [0.1, 0.15) is 0 Å². The second-order valence-electron chi connectivity index (χ2n) is 5.44. The summed E-state index contributed by atoms with van der Waals surface area (Å²) in [5, 5.41) is 8.96. The van der Waals surface area contributed by atoms with Crippen LogP contribution in [0, 0.1) is 5.92 Å². The molecular weight excluding hydrogens is 318 g/mol. The van der Waals surface area contributed by atoms with Crippen molar-refractivity contribution in [1.29, 1.82) is 0 Å². The van der Waals surface area contributed by atoms with Crippen LogP contribution in [0.1, 0.15) is 30.1 Å². The molecule has 1 saturated heterocycles. The summed E-state index contributed by atoms with van der Waals surface area (Å²) >= 11 is 0. The summed E-state index contributed by atoms with van der Waals surface area (Å²) in [6.07, 6.45) is -5.78. The number of carbonyl (C=O) groups is 2. The summed E-state index contributed by atoms with van der Waals surface area (Å²) < 4.78 is 51.6. The van der Waals surface area contributed by atoms with Gasteiger partial charge in [-0.3, -0.25) is 9.59 Å². The van der Waals surface area contributed by atoms with Crippen LogP contribution in [-0.2, 0) is 15.8 Å². The average molecular weight is 333 g/mol. The Morgan fingerprint density at radius 1 is 1.22 bits per heavy atom. The molecule has 4 nitrogen and oxygen atoms in total. The molecule has 1 heterocycles. The maximum atomic E-state index is 14.2. The molecule has 1 amide bonds. The second kappa shape index (κ2) is 6.55. The number of amides is 1. The Morgan fingerprint density at radius 3 is 2.35 bits per heavy atom. The van der Waals surface area contributed by atoms with Gasteiger partial charge in [-0.25, -0.2) is 4.39 Å². The van der Waals surface area contributed by atoms with Crippen molar-refractivity contribution < 1.29 is 32.3 Å². The maximum absolute atomic E-state index is 14.2. The van der Waals surface area contributed by atoms with Crippen LogP contribution in [0.5, 0.6) is 0 Å². The number of piperidine rings is 1. The minimum atomic E-state index is -4.53. The van der Waals surface area contributed by atoms with Gasteiger partial charge in [0.25, 0.3) is 5.91 Å². The maximum Gasteiger partial charge on any atom is 0.416 e. The predicted octanol–water partition coefficient (Wildman–Crippen LogP) is 3.04. The van der Waals surface area contributed by atoms with Crippen molar-refractivity contribution in [1.82, 2.24) is 4.90 Å². The number of carboxylic acid groups (broad SMARTS) is 1. The van der Waals surface area contributed by atoms with Gasteiger partial charge in [0.05, 0.1) is 11.5 Å². The zero-order valence-corrected chi connectivity index (χ0v) is 12.0. The number of rotatable bonds is 3. The van der Waals surface area contributed by atoms with Crippen LogP contribution >= 0.6 is 0 Å². The van der Waals surface area contributed by atoms with Crippen LogP contribution in [0.2, 0.25) is 0 Å². The summed E-state index contributed by atoms with van der Waals surface area (Å²) in [6.45, 7) is 0.152. The third-order valence-corrected chi connectivity index (χ3v) is 3.83. The summed E-state index contributed by atoms with van der Waals surface area (Å²) in [7, 11) is 0. The van der Waals surface area contributed by atoms with E-state index in [4.69, 9.17) is 5.11 Å². The summed E-state index contributed by atoms with van der Waals surface area (Å²) in [4.78, 5) is 24.2. The normalized spacial score (nSPS) is 20.2. The van der Waals surface area contributed by atoms with Gasteiger partial charge in [-0.05, 0) is 30.5 Å². The van der Waals surface area contributed by atoms with E-state index in [9.17, 15) is 27.2 Å². The largest absolute Gasteiger partial charge is 0.481 e. The molecule has 1 fully saturated rings. The Kier molecular flexibility index (Phi) is 4.91. The molecule has 1 unspecified atom stereocenters. The molecule has 23 heavy (non-hydrogen) atoms. The van der Waals surface area contributed by atoms with Crippen LogP contribution in [0.3, 0.4) is 0 Å². The molecule has 1 N–H and O–H groups in total. The number of hydrogen-bond acceptors (Lipinski definition) is 2. The molecule has 0 bridgehead atoms. The van der Waals surface area contributed by atoms with E-state index in [0.29, 0.717) is 25.0 Å². The molecule has 0 spiro atoms. The summed E-state index contributed by atoms with van der Waals surface area (Å²) in [5.41, 5.74) is -1.11. The lowest BCUT2D eigenvalue weighted by atomic mass is 9.97. The monoisotopic (exact) mass is 333 g/mol. The first kappa shape index (κ1) is 17.2. The summed E-state index contributed by atoms with van der Waals surface area (Å²) in [6, 6.07) is 3.27. The molecule has 2 rings (SSSR count). The van der Waals surface area contributed by atoms with Crippen LogP contribution in [0.25, 0.3) is 0 Å². The van der Waals surface area contributed by atoms with Crippen molar-refractivity contribution in [2.24, 2.45) is 5.92 Å². The van der Waals surface area contributed by atoms with Gasteiger partial charge >= 0.3 is 12.1 Å². The van der Waals surface area contributed by atoms with E-state index >= 15 is 0 Å². The first-order valence-corrected chi connectivity index (χ1v) is 7.03. The van der Waals surface area contributed by atoms with Crippen LogP contribution in [0.15, 0.2) is 24.3 Å². The van der Waals surface area contributed by atoms with Gasteiger partial charge < -0.3 is 10.0 Å². The molecule has 0 aromatic heterocycles. The van der Waals surface area contributed by atoms with E-state index < -0.39 is 35.7 Å². The van der Waals surface area contributed by atoms with Crippen molar-refractivity contribution in [2.45, 2.75) is 25.2 Å². The highest BCUT2D eigenvalue weighted by Crippen LogP contribution is 2.31. The first-order valence-electron chi connectivity index (χ1n) is 7.03. The number of nitrogens with zero attached hydrogens (tertiary/aromatic N) is 1. The fourth-order valence-electron chi connectivity index (χ4n) is 2.52. The average Bonchev–Trinajstić information content (AvgIpc) is 2.53. The fraction of sp³-hybridized carbons (Fsp3) is 0.467. The minimum absolute atomic E-state index is 0.0881. The highest BCUT2D eigenvalue weighted by molar-refractivity contribution is 5.83. The fourth-order valence-corrected chi connectivity index (χ4v) is 2.52. The minimum Gasteiger partial charge on any atom is -0.481 e. The molecule has 1 aromatic carbocycles. The number of benzene rings is 1. The second-order valence-corrected chi connectivity index (χ2v) is 5.44. The van der Waals surface area contributed by atoms with E-state index in [1.165, 1.54) is 0 Å². The highest BCUT2D eigenvalue weighted by atomic mass is 19.4. The van der Waals surface area contributed by atoms with Crippen LogP contribution in [-0.4, -0.2) is 35.0 Å². The molecule has 0 saturated carbocycles. The Hall–Kier alpha value is -2.12.